The molecule has 0 bridgehead atoms. The van der Waals surface area contributed by atoms with Gasteiger partial charge in [-0.05, 0) is 36.3 Å². The van der Waals surface area contributed by atoms with Crippen molar-refractivity contribution in [3.63, 3.8) is 0 Å². The Morgan fingerprint density at radius 2 is 1.76 bits per heavy atom. The van der Waals surface area contributed by atoms with E-state index in [1.54, 1.807) is 12.1 Å². The Bertz CT molecular complexity index is 1140. The van der Waals surface area contributed by atoms with Crippen LogP contribution in [0.1, 0.15) is 31.4 Å². The van der Waals surface area contributed by atoms with Crippen molar-refractivity contribution in [2.24, 2.45) is 5.92 Å². The molecule has 2 atom stereocenters. The lowest BCUT2D eigenvalue weighted by molar-refractivity contribution is -0.131. The number of anilines is 1. The third-order valence-corrected chi connectivity index (χ3v) is 5.40. The number of benzene rings is 3. The molecular weight excluding hydrogens is 434 g/mol. The molecule has 178 valence electrons. The Hall–Kier alpha value is -3.84. The summed E-state index contributed by atoms with van der Waals surface area (Å²) in [7, 11) is 0. The van der Waals surface area contributed by atoms with Crippen LogP contribution >= 0.6 is 0 Å². The Kier molecular flexibility index (Phi) is 9.05. The van der Waals surface area contributed by atoms with E-state index in [1.807, 2.05) is 67.6 Å². The minimum atomic E-state index is -1.00. The second kappa shape index (κ2) is 12.4. The van der Waals surface area contributed by atoms with Gasteiger partial charge in [0, 0.05) is 17.0 Å². The van der Waals surface area contributed by atoms with Crippen molar-refractivity contribution in [1.29, 1.82) is 0 Å². The van der Waals surface area contributed by atoms with Crippen LogP contribution in [0.4, 0.5) is 10.5 Å². The van der Waals surface area contributed by atoms with Crippen molar-refractivity contribution < 1.29 is 29.3 Å². The number of hydrogen-bond donors (Lipinski definition) is 3. The SMILES string of the molecule is C[C@@H](CC/C=C/C(=O)O)[C@H](OC(=O)Nc1cccc2ccccc12)c1ccccc1OCCO. The number of carboxylic acids is 1. The van der Waals surface area contributed by atoms with Gasteiger partial charge in [-0.15, -0.1) is 0 Å². The summed E-state index contributed by atoms with van der Waals surface area (Å²) < 4.78 is 11.6. The maximum Gasteiger partial charge on any atom is 0.412 e. The molecule has 0 heterocycles. The van der Waals surface area contributed by atoms with Crippen molar-refractivity contribution in [2.45, 2.75) is 25.9 Å². The molecule has 7 nitrogen and oxygen atoms in total. The van der Waals surface area contributed by atoms with Gasteiger partial charge in [-0.3, -0.25) is 5.32 Å². The summed E-state index contributed by atoms with van der Waals surface area (Å²) in [4.78, 5) is 23.7. The van der Waals surface area contributed by atoms with Gasteiger partial charge in [-0.25, -0.2) is 9.59 Å². The minimum Gasteiger partial charge on any atom is -0.491 e. The van der Waals surface area contributed by atoms with E-state index in [2.05, 4.69) is 5.32 Å². The maximum absolute atomic E-state index is 13.0. The first-order valence-electron chi connectivity index (χ1n) is 11.2. The topological polar surface area (TPSA) is 105 Å². The minimum absolute atomic E-state index is 0.113. The summed E-state index contributed by atoms with van der Waals surface area (Å²) in [5.41, 5.74) is 1.32. The molecular formula is C27H29NO6. The van der Waals surface area contributed by atoms with Gasteiger partial charge in [0.1, 0.15) is 18.5 Å². The number of carboxylic acid groups (broad SMARTS) is 1. The van der Waals surface area contributed by atoms with Gasteiger partial charge < -0.3 is 19.7 Å². The summed E-state index contributed by atoms with van der Waals surface area (Å²) in [6.07, 6.45) is 2.53. The van der Waals surface area contributed by atoms with Crippen molar-refractivity contribution in [2.75, 3.05) is 18.5 Å². The van der Waals surface area contributed by atoms with E-state index in [0.717, 1.165) is 16.8 Å². The van der Waals surface area contributed by atoms with Crippen LogP contribution in [-0.2, 0) is 9.53 Å². The van der Waals surface area contributed by atoms with E-state index in [9.17, 15) is 14.7 Å². The summed E-state index contributed by atoms with van der Waals surface area (Å²) >= 11 is 0. The zero-order valence-corrected chi connectivity index (χ0v) is 19.0. The predicted octanol–water partition coefficient (Wildman–Crippen LogP) is 5.56. The molecule has 0 aromatic heterocycles. The molecule has 0 saturated heterocycles. The average molecular weight is 464 g/mol. The number of amides is 1. The molecule has 3 aromatic rings. The number of para-hydroxylation sites is 1. The van der Waals surface area contributed by atoms with Crippen LogP contribution in [0.2, 0.25) is 0 Å². The fourth-order valence-corrected chi connectivity index (χ4v) is 3.77. The highest BCUT2D eigenvalue weighted by Gasteiger charge is 2.26. The standard InChI is InChI=1S/C27H29NO6/c1-19(9-2-7-16-25(30)31)26(22-13-5-6-15-24(22)33-18-17-29)34-27(32)28-23-14-8-11-20-10-3-4-12-21(20)23/h3-8,10-16,19,26,29H,2,9,17-18H2,1H3,(H,28,32)(H,30,31)/b16-7+/t19-,26-/m0/s1. The van der Waals surface area contributed by atoms with Crippen molar-refractivity contribution >= 4 is 28.5 Å². The van der Waals surface area contributed by atoms with E-state index in [0.29, 0.717) is 29.8 Å². The van der Waals surface area contributed by atoms with Gasteiger partial charge in [-0.2, -0.15) is 0 Å². The Balaban J connectivity index is 1.83. The second-order valence-electron chi connectivity index (χ2n) is 7.88. The fourth-order valence-electron chi connectivity index (χ4n) is 3.77. The molecule has 0 aliphatic carbocycles. The van der Waals surface area contributed by atoms with Gasteiger partial charge in [0.25, 0.3) is 0 Å². The smallest absolute Gasteiger partial charge is 0.412 e. The molecule has 1 amide bonds. The maximum atomic E-state index is 13.0. The van der Waals surface area contributed by atoms with E-state index < -0.39 is 18.2 Å². The van der Waals surface area contributed by atoms with E-state index in [-0.39, 0.29) is 19.1 Å². The van der Waals surface area contributed by atoms with Gasteiger partial charge in [0.05, 0.1) is 12.3 Å². The first-order valence-corrected chi connectivity index (χ1v) is 11.2. The summed E-state index contributed by atoms with van der Waals surface area (Å²) in [5, 5.41) is 22.7. The summed E-state index contributed by atoms with van der Waals surface area (Å²) in [6.45, 7) is 1.91. The molecule has 3 aromatic carbocycles. The van der Waals surface area contributed by atoms with Crippen molar-refractivity contribution in [3.8, 4) is 5.75 Å². The van der Waals surface area contributed by atoms with Gasteiger partial charge in [0.15, 0.2) is 0 Å². The monoisotopic (exact) mass is 463 g/mol. The van der Waals surface area contributed by atoms with E-state index >= 15 is 0 Å². The highest BCUT2D eigenvalue weighted by Crippen LogP contribution is 2.36. The lowest BCUT2D eigenvalue weighted by Crippen LogP contribution is -2.23. The number of aliphatic hydroxyl groups excluding tert-OH is 1. The largest absolute Gasteiger partial charge is 0.491 e. The number of carbonyl (C=O) groups is 2. The molecule has 0 saturated carbocycles. The van der Waals surface area contributed by atoms with Crippen LogP contribution in [0.15, 0.2) is 78.9 Å². The molecule has 34 heavy (non-hydrogen) atoms. The molecule has 0 unspecified atom stereocenters. The Labute approximate surface area is 198 Å². The van der Waals surface area contributed by atoms with Gasteiger partial charge in [-0.1, -0.05) is 67.6 Å². The van der Waals surface area contributed by atoms with Crippen LogP contribution in [0, 0.1) is 5.92 Å². The molecule has 0 spiro atoms. The number of nitrogens with one attached hydrogen (secondary N) is 1. The number of allylic oxidation sites excluding steroid dienone is 1. The zero-order valence-electron chi connectivity index (χ0n) is 19.0. The highest BCUT2D eigenvalue weighted by molar-refractivity contribution is 6.00. The molecule has 0 aliphatic heterocycles. The van der Waals surface area contributed by atoms with Gasteiger partial charge in [0.2, 0.25) is 0 Å². The van der Waals surface area contributed by atoms with Crippen LogP contribution in [-0.4, -0.2) is 35.5 Å². The third kappa shape index (κ3) is 6.83. The second-order valence-corrected chi connectivity index (χ2v) is 7.88. The first kappa shape index (κ1) is 24.8. The Morgan fingerprint density at radius 1 is 1.03 bits per heavy atom. The zero-order chi connectivity index (χ0) is 24.3. The fraction of sp³-hybridized carbons (Fsp3) is 0.259. The molecule has 3 N–H and O–H groups in total. The summed E-state index contributed by atoms with van der Waals surface area (Å²) in [5.74, 6) is -0.624. The number of aliphatic hydroxyl groups is 1. The Morgan fingerprint density at radius 3 is 2.56 bits per heavy atom. The number of carbonyl (C=O) groups excluding carboxylic acids is 1. The van der Waals surface area contributed by atoms with E-state index in [1.165, 1.54) is 0 Å². The molecule has 3 rings (SSSR count). The summed E-state index contributed by atoms with van der Waals surface area (Å²) in [6, 6.07) is 20.6. The van der Waals surface area contributed by atoms with E-state index in [4.69, 9.17) is 14.6 Å². The number of rotatable bonds is 11. The number of ether oxygens (including phenoxy) is 2. The normalized spacial score (nSPS) is 12.9. The molecule has 7 heteroatoms. The number of aliphatic carboxylic acids is 1. The lowest BCUT2D eigenvalue weighted by Gasteiger charge is -2.26. The molecule has 0 aliphatic rings. The quantitative estimate of drug-likeness (QED) is 0.322. The number of fused-ring (bicyclic) bond motifs is 1. The van der Waals surface area contributed by atoms with Crippen LogP contribution in [0.3, 0.4) is 0 Å². The van der Waals surface area contributed by atoms with Crippen LogP contribution in [0.5, 0.6) is 5.75 Å². The van der Waals surface area contributed by atoms with Crippen LogP contribution in [0.25, 0.3) is 10.8 Å². The average Bonchev–Trinajstić information content (AvgIpc) is 2.84. The molecule has 0 fully saturated rings. The lowest BCUT2D eigenvalue weighted by atomic mass is 9.92. The number of hydrogen-bond acceptors (Lipinski definition) is 5. The van der Waals surface area contributed by atoms with Crippen molar-refractivity contribution in [1.82, 2.24) is 0 Å². The van der Waals surface area contributed by atoms with Crippen molar-refractivity contribution in [3.05, 3.63) is 84.4 Å². The van der Waals surface area contributed by atoms with Crippen LogP contribution < -0.4 is 10.1 Å². The van der Waals surface area contributed by atoms with Gasteiger partial charge >= 0.3 is 12.1 Å². The molecule has 0 radical (unpaired) electrons. The first-order chi connectivity index (χ1) is 16.5. The predicted molar refractivity (Wildman–Crippen MR) is 131 cm³/mol. The highest BCUT2D eigenvalue weighted by atomic mass is 16.6. The third-order valence-electron chi connectivity index (χ3n) is 5.40.